The molecular weight excluding hydrogens is 473 g/mol. The number of aliphatic hydroxyl groups is 2. The maximum Gasteiger partial charge on any atom is 0.414 e. The van der Waals surface area contributed by atoms with Gasteiger partial charge in [0.25, 0.3) is 5.91 Å². The molecule has 0 radical (unpaired) electrons. The summed E-state index contributed by atoms with van der Waals surface area (Å²) >= 11 is 0. The third kappa shape index (κ3) is 6.33. The lowest BCUT2D eigenvalue weighted by Gasteiger charge is -2.19. The van der Waals surface area contributed by atoms with Crippen molar-refractivity contribution in [3.63, 3.8) is 0 Å². The highest BCUT2D eigenvalue weighted by atomic mass is 19.1. The predicted octanol–water partition coefficient (Wildman–Crippen LogP) is 0.415. The molecule has 1 aromatic heterocycles. The number of nitrogens with two attached hydrogens (primary N) is 1. The summed E-state index contributed by atoms with van der Waals surface area (Å²) in [5.74, 6) is 4.78. The maximum absolute atomic E-state index is 15.0. The fraction of sp³-hybridized carbons (Fsp3) is 0.304. The lowest BCUT2D eigenvalue weighted by molar-refractivity contribution is -0.131. The minimum absolute atomic E-state index is 0.0987. The lowest BCUT2D eigenvalue weighted by Crippen LogP contribution is -2.41. The van der Waals surface area contributed by atoms with Crippen LogP contribution in [0, 0.1) is 11.2 Å². The maximum atomic E-state index is 15.0. The van der Waals surface area contributed by atoms with E-state index in [9.17, 15) is 19.1 Å². The molecule has 1 fully saturated rings. The van der Waals surface area contributed by atoms with Crippen molar-refractivity contribution in [2.75, 3.05) is 42.6 Å². The topological polar surface area (TPSA) is 168 Å². The fourth-order valence-corrected chi connectivity index (χ4v) is 3.50. The van der Waals surface area contributed by atoms with Crippen molar-refractivity contribution in [2.24, 2.45) is 5.84 Å². The van der Waals surface area contributed by atoms with Crippen LogP contribution in [0.5, 0.6) is 0 Å². The van der Waals surface area contributed by atoms with Crippen LogP contribution in [-0.4, -0.2) is 83.5 Å². The van der Waals surface area contributed by atoms with Crippen molar-refractivity contribution in [3.05, 3.63) is 55.1 Å². The minimum atomic E-state index is -1.51. The number of hydrogen-bond donors (Lipinski definition) is 5. The Morgan fingerprint density at radius 3 is 2.83 bits per heavy atom. The van der Waals surface area contributed by atoms with E-state index in [-0.39, 0.29) is 31.7 Å². The average Bonchev–Trinajstić information content (AvgIpc) is 3.25. The molecule has 2 unspecified atom stereocenters. The number of rotatable bonds is 12. The van der Waals surface area contributed by atoms with Crippen LogP contribution in [0.3, 0.4) is 0 Å². The molecule has 2 heterocycles. The van der Waals surface area contributed by atoms with E-state index in [0.717, 1.165) is 6.34 Å². The third-order valence-corrected chi connectivity index (χ3v) is 5.42. The second-order valence-corrected chi connectivity index (χ2v) is 7.88. The van der Waals surface area contributed by atoms with Gasteiger partial charge in [-0.3, -0.25) is 15.1 Å². The molecule has 0 saturated carbocycles. The van der Waals surface area contributed by atoms with Crippen LogP contribution in [0.2, 0.25) is 0 Å². The zero-order valence-corrected chi connectivity index (χ0v) is 19.4. The first kappa shape index (κ1) is 26.5. The Bertz CT molecular complexity index is 1100. The zero-order chi connectivity index (χ0) is 26.2. The van der Waals surface area contributed by atoms with E-state index in [2.05, 4.69) is 16.9 Å². The van der Waals surface area contributed by atoms with Gasteiger partial charge < -0.3 is 30.2 Å². The third-order valence-electron chi connectivity index (χ3n) is 5.42. The van der Waals surface area contributed by atoms with Crippen molar-refractivity contribution in [1.82, 2.24) is 15.3 Å². The summed E-state index contributed by atoms with van der Waals surface area (Å²) in [7, 11) is 0. The summed E-state index contributed by atoms with van der Waals surface area (Å²) in [4.78, 5) is 30.8. The second kappa shape index (κ2) is 12.1. The second-order valence-electron chi connectivity index (χ2n) is 7.88. The Labute approximate surface area is 206 Å². The molecule has 1 aliphatic heterocycles. The molecule has 2 amide bonds. The molecule has 1 aliphatic rings. The first-order chi connectivity index (χ1) is 17.3. The van der Waals surface area contributed by atoms with Crippen molar-refractivity contribution in [3.8, 4) is 11.1 Å². The average molecular weight is 502 g/mol. The number of amides is 2. The fourth-order valence-electron chi connectivity index (χ4n) is 3.50. The summed E-state index contributed by atoms with van der Waals surface area (Å²) in [5.41, 5.74) is 1.10. The van der Waals surface area contributed by atoms with E-state index in [0.29, 0.717) is 17.1 Å². The van der Waals surface area contributed by atoms with E-state index in [4.69, 9.17) is 21.1 Å². The standard InChI is InChI=1S/C23H28FN7O5/c1-2-30(26)11-17-12-31(23(35)36-17)16-4-5-18(19(24)9-16)15-3-6-21(28-10-15)29(14-25)8-7-27-22(34)20(33)13-32/h2-6,9-10,14,17,20,25,32-33H,1,7-8,11-13,26H2,(H,27,34). The zero-order valence-electron chi connectivity index (χ0n) is 19.4. The molecule has 36 heavy (non-hydrogen) atoms. The van der Waals surface area contributed by atoms with E-state index < -0.39 is 36.6 Å². The Morgan fingerprint density at radius 2 is 2.22 bits per heavy atom. The van der Waals surface area contributed by atoms with Gasteiger partial charge in [0.1, 0.15) is 17.7 Å². The highest BCUT2D eigenvalue weighted by Crippen LogP contribution is 2.29. The van der Waals surface area contributed by atoms with Crippen LogP contribution in [0.1, 0.15) is 0 Å². The monoisotopic (exact) mass is 501 g/mol. The van der Waals surface area contributed by atoms with Gasteiger partial charge in [-0.05, 0) is 30.3 Å². The summed E-state index contributed by atoms with van der Waals surface area (Å²) < 4.78 is 20.2. The van der Waals surface area contributed by atoms with Gasteiger partial charge in [0.05, 0.1) is 31.7 Å². The Kier molecular flexibility index (Phi) is 8.89. The summed E-state index contributed by atoms with van der Waals surface area (Å²) in [6.45, 7) is 3.61. The van der Waals surface area contributed by atoms with Gasteiger partial charge in [0, 0.05) is 36.6 Å². The normalized spacial score (nSPS) is 15.7. The molecule has 2 atom stereocenters. The summed E-state index contributed by atoms with van der Waals surface area (Å²) in [6.07, 6.45) is 1.29. The first-order valence-corrected chi connectivity index (χ1v) is 11.0. The van der Waals surface area contributed by atoms with Gasteiger partial charge in [-0.25, -0.2) is 20.0 Å². The van der Waals surface area contributed by atoms with Gasteiger partial charge in [-0.2, -0.15) is 0 Å². The molecule has 3 rings (SSSR count). The van der Waals surface area contributed by atoms with Gasteiger partial charge in [-0.15, -0.1) is 0 Å². The lowest BCUT2D eigenvalue weighted by atomic mass is 10.1. The molecule has 1 saturated heterocycles. The first-order valence-electron chi connectivity index (χ1n) is 11.0. The number of aromatic nitrogens is 1. The van der Waals surface area contributed by atoms with Crippen LogP contribution in [-0.2, 0) is 9.53 Å². The number of cyclic esters (lactones) is 1. The quantitative estimate of drug-likeness (QED) is 0.120. The van der Waals surface area contributed by atoms with Crippen molar-refractivity contribution in [1.29, 1.82) is 5.41 Å². The van der Waals surface area contributed by atoms with Gasteiger partial charge >= 0.3 is 6.09 Å². The molecule has 0 bridgehead atoms. The van der Waals surface area contributed by atoms with E-state index >= 15 is 0 Å². The highest BCUT2D eigenvalue weighted by Gasteiger charge is 2.33. The van der Waals surface area contributed by atoms with Crippen molar-refractivity contribution in [2.45, 2.75) is 12.2 Å². The number of anilines is 2. The molecule has 13 heteroatoms. The van der Waals surface area contributed by atoms with Crippen LogP contribution in [0.4, 0.5) is 20.7 Å². The number of carbonyl (C=O) groups is 2. The van der Waals surface area contributed by atoms with Crippen molar-refractivity contribution >= 4 is 29.8 Å². The van der Waals surface area contributed by atoms with Crippen LogP contribution in [0.15, 0.2) is 49.3 Å². The molecule has 0 aliphatic carbocycles. The number of pyridine rings is 1. The predicted molar refractivity (Wildman–Crippen MR) is 131 cm³/mol. The Hall–Kier alpha value is -4.07. The van der Waals surface area contributed by atoms with E-state index in [1.165, 1.54) is 39.3 Å². The molecule has 0 spiro atoms. The van der Waals surface area contributed by atoms with Gasteiger partial charge in [-0.1, -0.05) is 6.58 Å². The summed E-state index contributed by atoms with van der Waals surface area (Å²) in [5, 5.41) is 29.4. The molecule has 12 nitrogen and oxygen atoms in total. The molecule has 2 aromatic rings. The molecule has 192 valence electrons. The molecule has 1 aromatic carbocycles. The summed E-state index contributed by atoms with van der Waals surface area (Å²) in [6, 6.07) is 7.62. The van der Waals surface area contributed by atoms with E-state index in [1.54, 1.807) is 18.2 Å². The Morgan fingerprint density at radius 1 is 1.44 bits per heavy atom. The van der Waals surface area contributed by atoms with Gasteiger partial charge in [0.2, 0.25) is 0 Å². The number of nitrogens with zero attached hydrogens (tertiary/aromatic N) is 4. The molecule has 6 N–H and O–H groups in total. The Balaban J connectivity index is 1.65. The molecular formula is C23H28FN7O5. The minimum Gasteiger partial charge on any atom is -0.442 e. The smallest absolute Gasteiger partial charge is 0.414 e. The number of hydrogen-bond acceptors (Lipinski definition) is 9. The van der Waals surface area contributed by atoms with Crippen molar-refractivity contribution < 1.29 is 28.9 Å². The van der Waals surface area contributed by atoms with Gasteiger partial charge in [0.15, 0.2) is 6.10 Å². The van der Waals surface area contributed by atoms with Crippen LogP contribution >= 0.6 is 0 Å². The number of halogens is 1. The highest BCUT2D eigenvalue weighted by molar-refractivity contribution is 5.90. The number of nitrogens with one attached hydrogen (secondary N) is 2. The van der Waals surface area contributed by atoms with E-state index in [1.807, 2.05) is 0 Å². The van der Waals surface area contributed by atoms with Crippen LogP contribution in [0.25, 0.3) is 11.1 Å². The number of ether oxygens (including phenoxy) is 1. The number of aliphatic hydroxyl groups excluding tert-OH is 2. The van der Waals surface area contributed by atoms with Crippen LogP contribution < -0.4 is 21.0 Å². The number of hydrazine groups is 1. The largest absolute Gasteiger partial charge is 0.442 e. The SMILES string of the molecule is C=CN(N)CC1CN(c2ccc(-c3ccc(N(C=N)CCNC(=O)C(O)CO)nc3)c(F)c2)C(=O)O1. The number of benzene rings is 1. The number of carbonyl (C=O) groups excluding carboxylic acids is 2.